The Bertz CT molecular complexity index is 1150. The number of aromatic nitrogens is 2. The molecule has 0 bridgehead atoms. The van der Waals surface area contributed by atoms with Crippen LogP contribution in [0.25, 0.3) is 11.3 Å². The molecule has 0 aliphatic carbocycles. The largest absolute Gasteiger partial charge is 0.497 e. The highest BCUT2D eigenvalue weighted by Crippen LogP contribution is 2.24. The normalized spacial score (nSPS) is 10.6. The molecule has 1 aromatic heterocycles. The van der Waals surface area contributed by atoms with Crippen LogP contribution < -0.4 is 10.1 Å². The van der Waals surface area contributed by atoms with Crippen LogP contribution in [0.2, 0.25) is 0 Å². The van der Waals surface area contributed by atoms with E-state index < -0.39 is 0 Å². The molecule has 6 heteroatoms. The number of halogens is 1. The van der Waals surface area contributed by atoms with Crippen LogP contribution >= 0.6 is 0 Å². The zero-order chi connectivity index (χ0) is 20.9. The smallest absolute Gasteiger partial charge is 0.280 e. The molecule has 0 aliphatic rings. The number of carbonyl (C=O) groups excluding carboxylic acids is 1. The van der Waals surface area contributed by atoms with Crippen molar-refractivity contribution in [3.63, 3.8) is 0 Å². The minimum absolute atomic E-state index is 0.280. The molecule has 0 atom stereocenters. The molecule has 0 unspecified atom stereocenters. The Kier molecular flexibility index (Phi) is 5.57. The maximum Gasteiger partial charge on any atom is 0.280 e. The summed E-state index contributed by atoms with van der Waals surface area (Å²) < 4.78 is 19.8. The number of rotatable bonds is 6. The monoisotopic (exact) mass is 401 g/mol. The molecule has 0 radical (unpaired) electrons. The van der Waals surface area contributed by atoms with Crippen molar-refractivity contribution in [2.24, 2.45) is 0 Å². The van der Waals surface area contributed by atoms with Crippen molar-refractivity contribution in [1.29, 1.82) is 0 Å². The topological polar surface area (TPSA) is 56.2 Å². The van der Waals surface area contributed by atoms with Gasteiger partial charge in [-0.2, -0.15) is 9.78 Å². The standard InChI is InChI=1S/C24H20FN3O2/c1-30-21-9-5-8-19(14-21)24(29)28-23(26-16-17-10-12-20(25)13-11-17)15-22(27-28)18-6-3-2-4-7-18/h2-15,26H,16H2,1H3. The molecule has 4 rings (SSSR count). The van der Waals surface area contributed by atoms with Gasteiger partial charge in [0.25, 0.3) is 5.91 Å². The van der Waals surface area contributed by atoms with E-state index >= 15 is 0 Å². The van der Waals surface area contributed by atoms with Gasteiger partial charge in [-0.15, -0.1) is 0 Å². The number of hydrogen-bond donors (Lipinski definition) is 1. The van der Waals surface area contributed by atoms with Gasteiger partial charge in [0.05, 0.1) is 12.8 Å². The minimum atomic E-state index is -0.289. The van der Waals surface area contributed by atoms with Gasteiger partial charge in [0.1, 0.15) is 17.4 Å². The van der Waals surface area contributed by atoms with Crippen molar-refractivity contribution < 1.29 is 13.9 Å². The summed E-state index contributed by atoms with van der Waals surface area (Å²) in [6, 6.07) is 24.6. The Morgan fingerprint density at radius 2 is 1.77 bits per heavy atom. The van der Waals surface area contributed by atoms with Crippen molar-refractivity contribution in [2.45, 2.75) is 6.54 Å². The molecular formula is C24H20FN3O2. The molecule has 0 amide bonds. The van der Waals surface area contributed by atoms with E-state index in [1.807, 2.05) is 36.4 Å². The van der Waals surface area contributed by atoms with E-state index in [9.17, 15) is 9.18 Å². The van der Waals surface area contributed by atoms with E-state index in [2.05, 4.69) is 10.4 Å². The molecule has 30 heavy (non-hydrogen) atoms. The van der Waals surface area contributed by atoms with Gasteiger partial charge in [0.15, 0.2) is 0 Å². The lowest BCUT2D eigenvalue weighted by Gasteiger charge is -2.09. The highest BCUT2D eigenvalue weighted by atomic mass is 19.1. The number of carbonyl (C=O) groups is 1. The van der Waals surface area contributed by atoms with Crippen LogP contribution in [0.3, 0.4) is 0 Å². The maximum atomic E-state index is 13.2. The Morgan fingerprint density at radius 1 is 1.00 bits per heavy atom. The molecule has 3 aromatic carbocycles. The van der Waals surface area contributed by atoms with Gasteiger partial charge in [0.2, 0.25) is 0 Å². The molecule has 0 saturated carbocycles. The van der Waals surface area contributed by atoms with Gasteiger partial charge in [-0.25, -0.2) is 4.39 Å². The molecule has 1 N–H and O–H groups in total. The Morgan fingerprint density at radius 3 is 2.50 bits per heavy atom. The summed E-state index contributed by atoms with van der Waals surface area (Å²) >= 11 is 0. The van der Waals surface area contributed by atoms with Crippen LogP contribution in [-0.4, -0.2) is 22.8 Å². The highest BCUT2D eigenvalue weighted by Gasteiger charge is 2.17. The predicted molar refractivity (Wildman–Crippen MR) is 114 cm³/mol. The van der Waals surface area contributed by atoms with E-state index in [1.165, 1.54) is 16.8 Å². The number of methoxy groups -OCH3 is 1. The number of hydrogen-bond acceptors (Lipinski definition) is 4. The quantitative estimate of drug-likeness (QED) is 0.494. The van der Waals surface area contributed by atoms with Gasteiger partial charge >= 0.3 is 0 Å². The molecular weight excluding hydrogens is 381 g/mol. The molecule has 150 valence electrons. The number of ether oxygens (including phenoxy) is 1. The molecule has 1 heterocycles. The fraction of sp³-hybridized carbons (Fsp3) is 0.0833. The molecule has 0 saturated heterocycles. The van der Waals surface area contributed by atoms with E-state index in [0.717, 1.165) is 11.1 Å². The second-order valence-electron chi connectivity index (χ2n) is 6.71. The van der Waals surface area contributed by atoms with Crippen LogP contribution in [0.5, 0.6) is 5.75 Å². The third-order valence-electron chi connectivity index (χ3n) is 4.67. The zero-order valence-corrected chi connectivity index (χ0v) is 16.4. The van der Waals surface area contributed by atoms with Gasteiger partial charge in [-0.05, 0) is 35.9 Å². The minimum Gasteiger partial charge on any atom is -0.497 e. The second-order valence-corrected chi connectivity index (χ2v) is 6.71. The molecule has 0 aliphatic heterocycles. The van der Waals surface area contributed by atoms with Gasteiger partial charge in [0, 0.05) is 23.7 Å². The third kappa shape index (κ3) is 4.22. The molecule has 0 fully saturated rings. The van der Waals surface area contributed by atoms with E-state index in [4.69, 9.17) is 4.74 Å². The van der Waals surface area contributed by atoms with Crippen molar-refractivity contribution in [2.75, 3.05) is 12.4 Å². The summed E-state index contributed by atoms with van der Waals surface area (Å²) in [5.41, 5.74) is 2.93. The van der Waals surface area contributed by atoms with E-state index in [1.54, 1.807) is 43.5 Å². The van der Waals surface area contributed by atoms with Crippen LogP contribution in [0.15, 0.2) is 84.9 Å². The number of nitrogens with one attached hydrogen (secondary N) is 1. The highest BCUT2D eigenvalue weighted by molar-refractivity contribution is 5.98. The summed E-state index contributed by atoms with van der Waals surface area (Å²) in [6.07, 6.45) is 0. The Labute approximate surface area is 173 Å². The van der Waals surface area contributed by atoms with Crippen molar-refractivity contribution in [3.05, 3.63) is 102 Å². The lowest BCUT2D eigenvalue weighted by atomic mass is 10.1. The second kappa shape index (κ2) is 8.61. The average Bonchev–Trinajstić information content (AvgIpc) is 3.23. The average molecular weight is 401 g/mol. The summed E-state index contributed by atoms with van der Waals surface area (Å²) in [5, 5.41) is 7.79. The van der Waals surface area contributed by atoms with Crippen LogP contribution in [-0.2, 0) is 6.54 Å². The Balaban J connectivity index is 1.68. The predicted octanol–water partition coefficient (Wildman–Crippen LogP) is 5.00. The van der Waals surface area contributed by atoms with Crippen molar-refractivity contribution in [3.8, 4) is 17.0 Å². The van der Waals surface area contributed by atoms with Crippen LogP contribution in [0, 0.1) is 5.82 Å². The first-order valence-electron chi connectivity index (χ1n) is 9.46. The number of benzene rings is 3. The van der Waals surface area contributed by atoms with E-state index in [-0.39, 0.29) is 11.7 Å². The van der Waals surface area contributed by atoms with Gasteiger partial charge in [-0.1, -0.05) is 48.5 Å². The summed E-state index contributed by atoms with van der Waals surface area (Å²) in [4.78, 5) is 13.2. The first kappa shape index (κ1) is 19.4. The van der Waals surface area contributed by atoms with Crippen LogP contribution in [0.1, 0.15) is 15.9 Å². The lowest BCUT2D eigenvalue weighted by Crippen LogP contribution is -2.17. The summed E-state index contributed by atoms with van der Waals surface area (Å²) in [6.45, 7) is 0.422. The fourth-order valence-electron chi connectivity index (χ4n) is 3.09. The van der Waals surface area contributed by atoms with Crippen LogP contribution in [0.4, 0.5) is 10.2 Å². The zero-order valence-electron chi connectivity index (χ0n) is 16.4. The third-order valence-corrected chi connectivity index (χ3v) is 4.67. The van der Waals surface area contributed by atoms with Gasteiger partial charge < -0.3 is 10.1 Å². The van der Waals surface area contributed by atoms with Crippen molar-refractivity contribution >= 4 is 11.7 Å². The number of nitrogens with zero attached hydrogens (tertiary/aromatic N) is 2. The lowest BCUT2D eigenvalue weighted by molar-refractivity contribution is 0.0947. The summed E-state index contributed by atoms with van der Waals surface area (Å²) in [5.74, 6) is 0.573. The first-order valence-corrected chi connectivity index (χ1v) is 9.46. The molecule has 0 spiro atoms. The van der Waals surface area contributed by atoms with E-state index in [0.29, 0.717) is 29.4 Å². The Hall–Kier alpha value is -3.93. The first-order chi connectivity index (χ1) is 14.6. The maximum absolute atomic E-state index is 13.2. The molecule has 5 nitrogen and oxygen atoms in total. The molecule has 4 aromatic rings. The fourth-order valence-corrected chi connectivity index (χ4v) is 3.09. The van der Waals surface area contributed by atoms with Gasteiger partial charge in [-0.3, -0.25) is 4.79 Å². The number of anilines is 1. The SMILES string of the molecule is COc1cccc(C(=O)n2nc(-c3ccccc3)cc2NCc2ccc(F)cc2)c1. The van der Waals surface area contributed by atoms with Crippen molar-refractivity contribution in [1.82, 2.24) is 9.78 Å². The summed E-state index contributed by atoms with van der Waals surface area (Å²) in [7, 11) is 1.56.